The van der Waals surface area contributed by atoms with Gasteiger partial charge in [0.25, 0.3) is 11.1 Å². The first kappa shape index (κ1) is 20.4. The third kappa shape index (κ3) is 4.94. The predicted molar refractivity (Wildman–Crippen MR) is 114 cm³/mol. The fourth-order valence-corrected chi connectivity index (χ4v) is 3.73. The maximum atomic E-state index is 12.5. The van der Waals surface area contributed by atoms with E-state index >= 15 is 0 Å². The summed E-state index contributed by atoms with van der Waals surface area (Å²) in [6.45, 7) is 6.24. The Labute approximate surface area is 176 Å². The number of anilines is 1. The number of nitrogens with zero attached hydrogens (tertiary/aromatic N) is 2. The molecule has 0 bridgehead atoms. The number of thioether (sulfide) groups is 1. The summed E-state index contributed by atoms with van der Waals surface area (Å²) in [6.07, 6.45) is 0. The molecule has 28 heavy (non-hydrogen) atoms. The molecule has 0 aliphatic rings. The highest BCUT2D eigenvalue weighted by molar-refractivity contribution is 9.10. The smallest absolute Gasteiger partial charge is 0.277 e. The number of benzene rings is 2. The molecule has 0 saturated heterocycles. The van der Waals surface area contributed by atoms with Crippen LogP contribution in [0, 0.1) is 6.92 Å². The molecule has 0 aliphatic heterocycles. The van der Waals surface area contributed by atoms with Crippen molar-refractivity contribution in [2.75, 3.05) is 11.9 Å². The molecule has 3 aromatic rings. The summed E-state index contributed by atoms with van der Waals surface area (Å²) in [7, 11) is 0. The lowest BCUT2D eigenvalue weighted by Crippen LogP contribution is -2.22. The number of para-hydroxylation sites is 1. The van der Waals surface area contributed by atoms with Crippen LogP contribution in [0.2, 0.25) is 0 Å². The highest BCUT2D eigenvalue weighted by Crippen LogP contribution is 2.32. The van der Waals surface area contributed by atoms with E-state index in [2.05, 4.69) is 31.4 Å². The Bertz CT molecular complexity index is 977. The average Bonchev–Trinajstić information content (AvgIpc) is 3.13. The van der Waals surface area contributed by atoms with Crippen molar-refractivity contribution in [3.05, 3.63) is 52.5 Å². The molecule has 0 saturated carbocycles. The molecule has 1 N–H and O–H groups in total. The van der Waals surface area contributed by atoms with Crippen LogP contribution in [0.25, 0.3) is 11.5 Å². The van der Waals surface area contributed by atoms with Gasteiger partial charge in [-0.3, -0.25) is 4.79 Å². The number of carbonyl (C=O) groups is 1. The van der Waals surface area contributed by atoms with E-state index in [9.17, 15) is 4.79 Å². The normalized spacial score (nSPS) is 11.9. The van der Waals surface area contributed by atoms with E-state index in [1.54, 1.807) is 6.92 Å². The lowest BCUT2D eigenvalue weighted by atomic mass is 10.2. The Kier molecular flexibility index (Phi) is 6.74. The van der Waals surface area contributed by atoms with Gasteiger partial charge in [-0.25, -0.2) is 0 Å². The molecule has 0 radical (unpaired) electrons. The van der Waals surface area contributed by atoms with Crippen LogP contribution in [-0.4, -0.2) is 28.0 Å². The maximum absolute atomic E-state index is 12.5. The second kappa shape index (κ2) is 9.25. The lowest BCUT2D eigenvalue weighted by Gasteiger charge is -2.11. The first-order valence-electron chi connectivity index (χ1n) is 8.77. The summed E-state index contributed by atoms with van der Waals surface area (Å²) in [6, 6.07) is 13.2. The van der Waals surface area contributed by atoms with Gasteiger partial charge >= 0.3 is 0 Å². The summed E-state index contributed by atoms with van der Waals surface area (Å²) in [5, 5.41) is 11.0. The van der Waals surface area contributed by atoms with E-state index in [1.807, 2.05) is 56.3 Å². The summed E-state index contributed by atoms with van der Waals surface area (Å²) < 4.78 is 12.2. The molecule has 146 valence electrons. The molecule has 0 aliphatic carbocycles. The standard InChI is InChI=1S/C20H20BrN3O3S/c1-4-26-17-8-6-5-7-14(17)19-23-24-20(27-19)28-13(3)18(25)22-16-10-9-12(2)11-15(16)21/h5-11,13H,4H2,1-3H3,(H,22,25). The minimum absolute atomic E-state index is 0.149. The quantitative estimate of drug-likeness (QED) is 0.479. The molecule has 1 amide bonds. The number of rotatable bonds is 7. The summed E-state index contributed by atoms with van der Waals surface area (Å²) in [5.74, 6) is 0.893. The number of carbonyl (C=O) groups excluding carboxylic acids is 1. The number of amides is 1. The minimum Gasteiger partial charge on any atom is -0.493 e. The number of halogens is 1. The van der Waals surface area contributed by atoms with Crippen LogP contribution in [0.4, 0.5) is 5.69 Å². The molecule has 1 heterocycles. The van der Waals surface area contributed by atoms with Gasteiger partial charge in [-0.2, -0.15) is 0 Å². The lowest BCUT2D eigenvalue weighted by molar-refractivity contribution is -0.115. The van der Waals surface area contributed by atoms with Crippen LogP contribution in [0.15, 0.2) is 56.6 Å². The molecule has 2 aromatic carbocycles. The van der Waals surface area contributed by atoms with Crippen molar-refractivity contribution in [1.82, 2.24) is 10.2 Å². The van der Waals surface area contributed by atoms with Crippen molar-refractivity contribution in [2.24, 2.45) is 0 Å². The van der Waals surface area contributed by atoms with Gasteiger partial charge in [0.05, 0.1) is 23.1 Å². The molecule has 1 atom stereocenters. The number of aryl methyl sites for hydroxylation is 1. The Morgan fingerprint density at radius 3 is 2.82 bits per heavy atom. The second-order valence-electron chi connectivity index (χ2n) is 6.03. The number of hydrogen-bond donors (Lipinski definition) is 1. The number of nitrogens with one attached hydrogen (secondary N) is 1. The molecule has 1 unspecified atom stereocenters. The topological polar surface area (TPSA) is 77.2 Å². The predicted octanol–water partition coefficient (Wildman–Crippen LogP) is 5.33. The molecule has 0 spiro atoms. The van der Waals surface area contributed by atoms with Crippen molar-refractivity contribution in [2.45, 2.75) is 31.2 Å². The zero-order chi connectivity index (χ0) is 20.1. The fourth-order valence-electron chi connectivity index (χ4n) is 2.45. The first-order chi connectivity index (χ1) is 13.5. The van der Waals surface area contributed by atoms with Gasteiger partial charge in [0, 0.05) is 4.47 Å². The monoisotopic (exact) mass is 461 g/mol. The zero-order valence-electron chi connectivity index (χ0n) is 15.7. The van der Waals surface area contributed by atoms with E-state index in [0.717, 1.165) is 21.3 Å². The van der Waals surface area contributed by atoms with Crippen LogP contribution in [0.3, 0.4) is 0 Å². The van der Waals surface area contributed by atoms with Crippen LogP contribution in [-0.2, 0) is 4.79 Å². The summed E-state index contributed by atoms with van der Waals surface area (Å²) in [4.78, 5) is 12.5. The highest BCUT2D eigenvalue weighted by Gasteiger charge is 2.20. The molecular formula is C20H20BrN3O3S. The third-order valence-electron chi connectivity index (χ3n) is 3.85. The van der Waals surface area contributed by atoms with Crippen LogP contribution in [0.5, 0.6) is 5.75 Å². The molecule has 8 heteroatoms. The Morgan fingerprint density at radius 2 is 2.07 bits per heavy atom. The van der Waals surface area contributed by atoms with Gasteiger partial charge in [0.1, 0.15) is 5.75 Å². The number of aromatic nitrogens is 2. The van der Waals surface area contributed by atoms with Gasteiger partial charge in [-0.05, 0) is 66.5 Å². The molecule has 1 aromatic heterocycles. The van der Waals surface area contributed by atoms with Crippen LogP contribution in [0.1, 0.15) is 19.4 Å². The van der Waals surface area contributed by atoms with Gasteiger partial charge < -0.3 is 14.5 Å². The van der Waals surface area contributed by atoms with Gasteiger partial charge in [-0.15, -0.1) is 10.2 Å². The van der Waals surface area contributed by atoms with Crippen molar-refractivity contribution in [3.63, 3.8) is 0 Å². The maximum Gasteiger partial charge on any atom is 0.277 e. The SMILES string of the molecule is CCOc1ccccc1-c1nnc(SC(C)C(=O)Nc2ccc(C)cc2Br)o1. The zero-order valence-corrected chi connectivity index (χ0v) is 18.1. The van der Waals surface area contributed by atoms with E-state index < -0.39 is 5.25 Å². The molecule has 6 nitrogen and oxygen atoms in total. The summed E-state index contributed by atoms with van der Waals surface area (Å²) in [5.41, 5.74) is 2.56. The van der Waals surface area contributed by atoms with Crippen LogP contribution >= 0.6 is 27.7 Å². The van der Waals surface area contributed by atoms with Crippen molar-refractivity contribution >= 4 is 39.3 Å². The van der Waals surface area contributed by atoms with E-state index in [4.69, 9.17) is 9.15 Å². The van der Waals surface area contributed by atoms with Gasteiger partial charge in [-0.1, -0.05) is 30.0 Å². The Hall–Kier alpha value is -2.32. The Morgan fingerprint density at radius 1 is 1.29 bits per heavy atom. The molecule has 3 rings (SSSR count). The average molecular weight is 462 g/mol. The number of hydrogen-bond acceptors (Lipinski definition) is 6. The van der Waals surface area contributed by atoms with Crippen LogP contribution < -0.4 is 10.1 Å². The minimum atomic E-state index is -0.413. The number of ether oxygens (including phenoxy) is 1. The van der Waals surface area contributed by atoms with Crippen molar-refractivity contribution in [3.8, 4) is 17.2 Å². The van der Waals surface area contributed by atoms with Crippen molar-refractivity contribution in [1.29, 1.82) is 0 Å². The molecule has 0 fully saturated rings. The van der Waals surface area contributed by atoms with E-state index in [1.165, 1.54) is 11.8 Å². The van der Waals surface area contributed by atoms with Gasteiger partial charge in [0.15, 0.2) is 0 Å². The fraction of sp³-hybridized carbons (Fsp3) is 0.250. The largest absolute Gasteiger partial charge is 0.493 e. The Balaban J connectivity index is 1.68. The van der Waals surface area contributed by atoms with Gasteiger partial charge in [0.2, 0.25) is 5.91 Å². The van der Waals surface area contributed by atoms with E-state index in [-0.39, 0.29) is 5.91 Å². The van der Waals surface area contributed by atoms with E-state index in [0.29, 0.717) is 23.5 Å². The third-order valence-corrected chi connectivity index (χ3v) is 5.44. The van der Waals surface area contributed by atoms with Crippen molar-refractivity contribution < 1.29 is 13.9 Å². The summed E-state index contributed by atoms with van der Waals surface area (Å²) >= 11 is 4.67. The first-order valence-corrected chi connectivity index (χ1v) is 10.4. The highest BCUT2D eigenvalue weighted by atomic mass is 79.9. The second-order valence-corrected chi connectivity index (χ2v) is 8.18. The molecular weight excluding hydrogens is 442 g/mol.